The second-order valence-corrected chi connectivity index (χ2v) is 3.43. The molecule has 0 amide bonds. The number of methoxy groups -OCH3 is 1. The van der Waals surface area contributed by atoms with Crippen molar-refractivity contribution in [2.45, 2.75) is 11.7 Å². The van der Waals surface area contributed by atoms with Gasteiger partial charge < -0.3 is 9.84 Å². The van der Waals surface area contributed by atoms with E-state index in [1.807, 2.05) is 0 Å². The summed E-state index contributed by atoms with van der Waals surface area (Å²) in [5.74, 6) is 0. The summed E-state index contributed by atoms with van der Waals surface area (Å²) in [6, 6.07) is 0. The molecule has 0 heterocycles. The molecule has 0 fully saturated rings. The highest BCUT2D eigenvalue weighted by atomic mass is 35.5. The molecule has 0 aliphatic rings. The van der Waals surface area contributed by atoms with Crippen LogP contribution in [0, 0.1) is 0 Å². The monoisotopic (exact) mass is 238 g/mol. The van der Waals surface area contributed by atoms with E-state index in [1.54, 1.807) is 0 Å². The van der Waals surface area contributed by atoms with Crippen molar-refractivity contribution < 1.29 is 9.84 Å². The van der Waals surface area contributed by atoms with Crippen LogP contribution >= 0.6 is 46.4 Å². The fraction of sp³-hybridized carbons (Fsp3) is 0.600. The third-order valence-electron chi connectivity index (χ3n) is 0.914. The Bertz CT molecular complexity index is 155. The first-order valence-corrected chi connectivity index (χ1v) is 4.13. The second kappa shape index (κ2) is 5.46. The molecule has 0 saturated heterocycles. The number of hydrogen-bond donors (Lipinski definition) is 1. The molecular weight excluding hydrogens is 234 g/mol. The lowest BCUT2D eigenvalue weighted by Crippen LogP contribution is -2.22. The molecule has 2 unspecified atom stereocenters. The number of rotatable bonds is 3. The average molecular weight is 240 g/mol. The fourth-order valence-corrected chi connectivity index (χ4v) is 0.884. The number of aliphatic hydroxyl groups is 1. The molecule has 0 spiro atoms. The van der Waals surface area contributed by atoms with E-state index in [-0.39, 0.29) is 9.52 Å². The molecular formula is C5H6Cl4O2. The third-order valence-corrected chi connectivity index (χ3v) is 2.34. The Morgan fingerprint density at radius 3 is 2.09 bits per heavy atom. The van der Waals surface area contributed by atoms with E-state index < -0.39 is 11.7 Å². The summed E-state index contributed by atoms with van der Waals surface area (Å²) in [7, 11) is 1.33. The zero-order valence-corrected chi connectivity index (χ0v) is 8.55. The molecule has 2 nitrogen and oxygen atoms in total. The van der Waals surface area contributed by atoms with Crippen molar-refractivity contribution >= 4 is 46.4 Å². The predicted octanol–water partition coefficient (Wildman–Crippen LogP) is 2.44. The maximum atomic E-state index is 9.14. The van der Waals surface area contributed by atoms with Gasteiger partial charge in [0.15, 0.2) is 5.56 Å². The summed E-state index contributed by atoms with van der Waals surface area (Å²) < 4.78 is 4.34. The van der Waals surface area contributed by atoms with Gasteiger partial charge in [-0.05, 0) is 0 Å². The van der Waals surface area contributed by atoms with Crippen molar-refractivity contribution in [2.75, 3.05) is 7.11 Å². The number of ether oxygens (including phenoxy) is 1. The van der Waals surface area contributed by atoms with Gasteiger partial charge in [-0.2, -0.15) is 0 Å². The van der Waals surface area contributed by atoms with Crippen molar-refractivity contribution in [2.24, 2.45) is 0 Å². The van der Waals surface area contributed by atoms with Gasteiger partial charge in [-0.25, -0.2) is 0 Å². The Balaban J connectivity index is 4.24. The van der Waals surface area contributed by atoms with Crippen molar-refractivity contribution in [3.63, 3.8) is 0 Å². The molecule has 66 valence electrons. The van der Waals surface area contributed by atoms with Crippen molar-refractivity contribution in [3.05, 3.63) is 9.52 Å². The van der Waals surface area contributed by atoms with Crippen molar-refractivity contribution in [1.82, 2.24) is 0 Å². The minimum Gasteiger partial charge on any atom is -0.383 e. The molecule has 11 heavy (non-hydrogen) atoms. The Labute approximate surface area is 84.6 Å². The molecule has 0 aliphatic carbocycles. The minimum absolute atomic E-state index is 0.129. The number of aliphatic hydroxyl groups excluding tert-OH is 1. The lowest BCUT2D eigenvalue weighted by atomic mass is 10.4. The van der Waals surface area contributed by atoms with Gasteiger partial charge >= 0.3 is 0 Å². The lowest BCUT2D eigenvalue weighted by molar-refractivity contribution is 0.0619. The summed E-state index contributed by atoms with van der Waals surface area (Å²) in [5, 5.41) is 9.01. The SMILES string of the molecule is COC(Cl)C(O)C(Cl)=C(Cl)Cl. The van der Waals surface area contributed by atoms with Gasteiger partial charge in [0, 0.05) is 7.11 Å². The van der Waals surface area contributed by atoms with Crippen LogP contribution in [0.25, 0.3) is 0 Å². The largest absolute Gasteiger partial charge is 0.383 e. The molecule has 0 bridgehead atoms. The maximum Gasteiger partial charge on any atom is 0.161 e. The maximum absolute atomic E-state index is 9.14. The minimum atomic E-state index is -1.20. The highest BCUT2D eigenvalue weighted by Gasteiger charge is 2.20. The predicted molar refractivity (Wildman–Crippen MR) is 47.2 cm³/mol. The molecule has 0 rings (SSSR count). The Kier molecular flexibility index (Phi) is 5.87. The molecule has 0 aromatic heterocycles. The first-order chi connectivity index (χ1) is 5.00. The fourth-order valence-electron chi connectivity index (χ4n) is 0.356. The van der Waals surface area contributed by atoms with Crippen LogP contribution in [0.15, 0.2) is 9.52 Å². The molecule has 0 aromatic carbocycles. The van der Waals surface area contributed by atoms with Crippen molar-refractivity contribution in [3.8, 4) is 0 Å². The van der Waals surface area contributed by atoms with Crippen LogP contribution in [0.3, 0.4) is 0 Å². The molecule has 0 radical (unpaired) electrons. The van der Waals surface area contributed by atoms with Crippen LogP contribution < -0.4 is 0 Å². The van der Waals surface area contributed by atoms with E-state index >= 15 is 0 Å². The average Bonchev–Trinajstić information content (AvgIpc) is 2.00. The van der Waals surface area contributed by atoms with Crippen LogP contribution in [0.5, 0.6) is 0 Å². The van der Waals surface area contributed by atoms with Crippen LogP contribution in [0.2, 0.25) is 0 Å². The quantitative estimate of drug-likeness (QED) is 0.767. The standard InChI is InChI=1S/C5H6Cl4O2/c1-11-5(9)3(10)2(6)4(7)8/h3,5,10H,1H3. The molecule has 1 N–H and O–H groups in total. The van der Waals surface area contributed by atoms with E-state index in [0.29, 0.717) is 0 Å². The van der Waals surface area contributed by atoms with E-state index in [2.05, 4.69) is 4.74 Å². The van der Waals surface area contributed by atoms with Gasteiger partial charge in [0.1, 0.15) is 10.6 Å². The molecule has 6 heteroatoms. The summed E-state index contributed by atoms with van der Waals surface area (Å²) in [5.41, 5.74) is -0.949. The molecule has 2 atom stereocenters. The Morgan fingerprint density at radius 1 is 1.36 bits per heavy atom. The summed E-state index contributed by atoms with van der Waals surface area (Å²) in [6.07, 6.45) is -1.20. The number of hydrogen-bond acceptors (Lipinski definition) is 2. The third kappa shape index (κ3) is 3.83. The lowest BCUT2D eigenvalue weighted by Gasteiger charge is -2.14. The van der Waals surface area contributed by atoms with Gasteiger partial charge in [-0.15, -0.1) is 0 Å². The first kappa shape index (κ1) is 11.8. The zero-order chi connectivity index (χ0) is 9.02. The Morgan fingerprint density at radius 2 is 1.82 bits per heavy atom. The van der Waals surface area contributed by atoms with Gasteiger partial charge in [-0.3, -0.25) is 0 Å². The second-order valence-electron chi connectivity index (χ2n) is 1.64. The zero-order valence-electron chi connectivity index (χ0n) is 5.52. The van der Waals surface area contributed by atoms with Crippen LogP contribution in [-0.2, 0) is 4.74 Å². The van der Waals surface area contributed by atoms with Crippen LogP contribution in [0.4, 0.5) is 0 Å². The first-order valence-electron chi connectivity index (χ1n) is 2.56. The highest BCUT2D eigenvalue weighted by Crippen LogP contribution is 2.24. The van der Waals surface area contributed by atoms with E-state index in [0.717, 1.165) is 0 Å². The van der Waals surface area contributed by atoms with Crippen LogP contribution in [0.1, 0.15) is 0 Å². The number of halogens is 4. The summed E-state index contributed by atoms with van der Waals surface area (Å²) in [4.78, 5) is 0. The Hall–Kier alpha value is 0.820. The van der Waals surface area contributed by atoms with E-state index in [4.69, 9.17) is 51.5 Å². The van der Waals surface area contributed by atoms with Gasteiger partial charge in [0.05, 0.1) is 5.03 Å². The summed E-state index contributed by atoms with van der Waals surface area (Å²) >= 11 is 21.4. The topological polar surface area (TPSA) is 29.5 Å². The number of alkyl halides is 1. The van der Waals surface area contributed by atoms with E-state index in [1.165, 1.54) is 7.11 Å². The normalized spacial score (nSPS) is 15.8. The van der Waals surface area contributed by atoms with Gasteiger partial charge in [0.2, 0.25) is 0 Å². The van der Waals surface area contributed by atoms with Crippen LogP contribution in [-0.4, -0.2) is 23.9 Å². The van der Waals surface area contributed by atoms with E-state index in [9.17, 15) is 0 Å². The van der Waals surface area contributed by atoms with Gasteiger partial charge in [0.25, 0.3) is 0 Å². The van der Waals surface area contributed by atoms with Gasteiger partial charge in [-0.1, -0.05) is 46.4 Å². The molecule has 0 aliphatic heterocycles. The molecule has 0 saturated carbocycles. The van der Waals surface area contributed by atoms with Crippen molar-refractivity contribution in [1.29, 1.82) is 0 Å². The smallest absolute Gasteiger partial charge is 0.161 e. The highest BCUT2D eigenvalue weighted by molar-refractivity contribution is 6.59. The summed E-state index contributed by atoms with van der Waals surface area (Å²) in [6.45, 7) is 0. The molecule has 0 aromatic rings.